The van der Waals surface area contributed by atoms with Gasteiger partial charge in [0.1, 0.15) is 6.04 Å². The molecule has 0 saturated heterocycles. The summed E-state index contributed by atoms with van der Waals surface area (Å²) in [7, 11) is 0. The molecule has 3 N–H and O–H groups in total. The van der Waals surface area contributed by atoms with Crippen molar-refractivity contribution in [2.45, 2.75) is 12.5 Å². The second-order valence-corrected chi connectivity index (χ2v) is 2.79. The number of halogens is 2. The van der Waals surface area contributed by atoms with Gasteiger partial charge < -0.3 is 10.8 Å². The van der Waals surface area contributed by atoms with Crippen LogP contribution in [0.3, 0.4) is 0 Å². The van der Waals surface area contributed by atoms with Crippen molar-refractivity contribution in [3.63, 3.8) is 0 Å². The Labute approximate surface area is 79.2 Å². The maximum absolute atomic E-state index is 12.2. The van der Waals surface area contributed by atoms with Crippen LogP contribution in [-0.4, -0.2) is 11.1 Å². The summed E-state index contributed by atoms with van der Waals surface area (Å²) in [5, 5.41) is 8.55. The highest BCUT2D eigenvalue weighted by molar-refractivity contribution is 5.75. The lowest BCUT2D eigenvalue weighted by Gasteiger charge is -2.08. The Morgan fingerprint density at radius 1 is 1.36 bits per heavy atom. The number of rotatable bonds is 3. The number of carbonyl (C=O) groups is 1. The third kappa shape index (κ3) is 2.26. The maximum Gasteiger partial charge on any atom is 0.325 e. The zero-order chi connectivity index (χ0) is 10.7. The molecule has 1 atom stereocenters. The Balaban J connectivity index is 2.99. The van der Waals surface area contributed by atoms with Gasteiger partial charge in [-0.2, -0.15) is 0 Å². The van der Waals surface area contributed by atoms with Crippen LogP contribution in [-0.2, 0) is 4.79 Å². The highest BCUT2D eigenvalue weighted by atomic mass is 19.3. The first-order valence-electron chi connectivity index (χ1n) is 3.88. The van der Waals surface area contributed by atoms with Crippen LogP contribution in [0.2, 0.25) is 0 Å². The topological polar surface area (TPSA) is 63.3 Å². The van der Waals surface area contributed by atoms with E-state index in [0.717, 1.165) is 6.07 Å². The van der Waals surface area contributed by atoms with Crippen molar-refractivity contribution in [3.8, 4) is 0 Å². The molecule has 5 heteroatoms. The molecule has 0 amide bonds. The average Bonchev–Trinajstić information content (AvgIpc) is 2.16. The molecule has 0 unspecified atom stereocenters. The summed E-state index contributed by atoms with van der Waals surface area (Å²) in [4.78, 5) is 10.5. The number of nitrogens with two attached hydrogens (primary N) is 1. The number of hydrogen-bond donors (Lipinski definition) is 2. The molecule has 1 aromatic rings. The van der Waals surface area contributed by atoms with Crippen molar-refractivity contribution in [1.29, 1.82) is 0 Å². The van der Waals surface area contributed by atoms with Crippen LogP contribution in [0.1, 0.15) is 23.6 Å². The van der Waals surface area contributed by atoms with Crippen LogP contribution in [0, 0.1) is 0 Å². The molecule has 1 aromatic carbocycles. The summed E-state index contributed by atoms with van der Waals surface area (Å²) >= 11 is 0. The Morgan fingerprint density at radius 2 is 1.93 bits per heavy atom. The number of aliphatic carboxylic acids is 1. The van der Waals surface area contributed by atoms with Gasteiger partial charge in [-0.3, -0.25) is 4.79 Å². The van der Waals surface area contributed by atoms with Gasteiger partial charge in [-0.15, -0.1) is 0 Å². The van der Waals surface area contributed by atoms with Crippen molar-refractivity contribution in [2.24, 2.45) is 5.73 Å². The average molecular weight is 201 g/mol. The van der Waals surface area contributed by atoms with Crippen LogP contribution < -0.4 is 5.73 Å². The van der Waals surface area contributed by atoms with E-state index in [-0.39, 0.29) is 11.1 Å². The molecule has 0 spiro atoms. The molecule has 14 heavy (non-hydrogen) atoms. The summed E-state index contributed by atoms with van der Waals surface area (Å²) in [5.41, 5.74) is 5.22. The van der Waals surface area contributed by atoms with E-state index in [1.165, 1.54) is 18.2 Å². The Morgan fingerprint density at radius 3 is 2.43 bits per heavy atom. The van der Waals surface area contributed by atoms with Crippen LogP contribution >= 0.6 is 0 Å². The van der Waals surface area contributed by atoms with Gasteiger partial charge in [-0.25, -0.2) is 8.78 Å². The van der Waals surface area contributed by atoms with Crippen LogP contribution in [0.15, 0.2) is 24.3 Å². The zero-order valence-electron chi connectivity index (χ0n) is 7.15. The van der Waals surface area contributed by atoms with Gasteiger partial charge in [0.05, 0.1) is 0 Å². The van der Waals surface area contributed by atoms with E-state index in [4.69, 9.17) is 10.8 Å². The molecule has 0 aliphatic carbocycles. The number of carboxylic acids is 1. The van der Waals surface area contributed by atoms with Gasteiger partial charge in [0, 0.05) is 5.56 Å². The molecule has 0 fully saturated rings. The van der Waals surface area contributed by atoms with Crippen molar-refractivity contribution < 1.29 is 18.7 Å². The summed E-state index contributed by atoms with van der Waals surface area (Å²) in [6, 6.07) is 3.84. The lowest BCUT2D eigenvalue weighted by molar-refractivity contribution is -0.138. The fourth-order valence-corrected chi connectivity index (χ4v) is 1.03. The molecule has 0 saturated carbocycles. The SMILES string of the molecule is N[C@@H](C(=O)O)c1cccc(C(F)F)c1. The number of benzene rings is 1. The van der Waals surface area contributed by atoms with E-state index in [9.17, 15) is 13.6 Å². The third-order valence-electron chi connectivity index (χ3n) is 1.79. The first-order chi connectivity index (χ1) is 6.52. The quantitative estimate of drug-likeness (QED) is 0.782. The van der Waals surface area contributed by atoms with Gasteiger partial charge in [-0.05, 0) is 11.6 Å². The van der Waals surface area contributed by atoms with Gasteiger partial charge >= 0.3 is 5.97 Å². The normalized spacial score (nSPS) is 12.9. The largest absolute Gasteiger partial charge is 0.480 e. The Kier molecular flexibility index (Phi) is 3.14. The van der Waals surface area contributed by atoms with E-state index in [0.29, 0.717) is 0 Å². The van der Waals surface area contributed by atoms with E-state index in [1.54, 1.807) is 0 Å². The van der Waals surface area contributed by atoms with Crippen molar-refractivity contribution in [2.75, 3.05) is 0 Å². The highest BCUT2D eigenvalue weighted by Crippen LogP contribution is 2.21. The monoisotopic (exact) mass is 201 g/mol. The number of carboxylic acid groups (broad SMARTS) is 1. The fourth-order valence-electron chi connectivity index (χ4n) is 1.03. The first-order valence-corrected chi connectivity index (χ1v) is 3.88. The molecular weight excluding hydrogens is 192 g/mol. The second kappa shape index (κ2) is 4.15. The van der Waals surface area contributed by atoms with Gasteiger partial charge in [0.2, 0.25) is 0 Å². The lowest BCUT2D eigenvalue weighted by Crippen LogP contribution is -2.20. The van der Waals surface area contributed by atoms with E-state index < -0.39 is 18.4 Å². The number of hydrogen-bond acceptors (Lipinski definition) is 2. The summed E-state index contributed by atoms with van der Waals surface area (Å²) < 4.78 is 24.4. The zero-order valence-corrected chi connectivity index (χ0v) is 7.15. The summed E-state index contributed by atoms with van der Waals surface area (Å²) in [5.74, 6) is -1.24. The molecule has 0 aliphatic heterocycles. The fraction of sp³-hybridized carbons (Fsp3) is 0.222. The van der Waals surface area contributed by atoms with Gasteiger partial charge in [0.25, 0.3) is 6.43 Å². The standard InChI is InChI=1S/C9H9F2NO2/c10-8(11)6-3-1-2-5(4-6)7(12)9(13)14/h1-4,7-8H,12H2,(H,13,14)/t7-/m1/s1. The van der Waals surface area contributed by atoms with Crippen LogP contribution in [0.4, 0.5) is 8.78 Å². The first kappa shape index (κ1) is 10.6. The second-order valence-electron chi connectivity index (χ2n) is 2.79. The van der Waals surface area contributed by atoms with Crippen LogP contribution in [0.5, 0.6) is 0 Å². The van der Waals surface area contributed by atoms with Gasteiger partial charge in [0.15, 0.2) is 0 Å². The molecule has 0 aromatic heterocycles. The molecule has 76 valence electrons. The molecule has 3 nitrogen and oxygen atoms in total. The maximum atomic E-state index is 12.2. The minimum Gasteiger partial charge on any atom is -0.480 e. The smallest absolute Gasteiger partial charge is 0.325 e. The minimum atomic E-state index is -2.61. The third-order valence-corrected chi connectivity index (χ3v) is 1.79. The predicted molar refractivity (Wildman–Crippen MR) is 46.0 cm³/mol. The van der Waals surface area contributed by atoms with Crippen molar-refractivity contribution in [3.05, 3.63) is 35.4 Å². The molecule has 0 radical (unpaired) electrons. The summed E-state index contributed by atoms with van der Waals surface area (Å²) in [6.45, 7) is 0. The number of alkyl halides is 2. The van der Waals surface area contributed by atoms with Crippen molar-refractivity contribution >= 4 is 5.97 Å². The molecule has 1 rings (SSSR count). The van der Waals surface area contributed by atoms with Crippen LogP contribution in [0.25, 0.3) is 0 Å². The van der Waals surface area contributed by atoms with E-state index in [1.807, 2.05) is 0 Å². The van der Waals surface area contributed by atoms with Crippen molar-refractivity contribution in [1.82, 2.24) is 0 Å². The van der Waals surface area contributed by atoms with E-state index in [2.05, 4.69) is 0 Å². The molecular formula is C9H9F2NO2. The molecule has 0 heterocycles. The highest BCUT2D eigenvalue weighted by Gasteiger charge is 2.16. The lowest BCUT2D eigenvalue weighted by atomic mass is 10.1. The minimum absolute atomic E-state index is 0.176. The summed E-state index contributed by atoms with van der Waals surface area (Å²) in [6.07, 6.45) is -2.61. The molecule has 0 bridgehead atoms. The van der Waals surface area contributed by atoms with E-state index >= 15 is 0 Å². The Hall–Kier alpha value is -1.49. The predicted octanol–water partition coefficient (Wildman–Crippen LogP) is 1.71. The van der Waals surface area contributed by atoms with Gasteiger partial charge in [-0.1, -0.05) is 18.2 Å². The molecule has 0 aliphatic rings. The Bertz CT molecular complexity index is 341.